The molecule has 3 N–H and O–H groups in total. The number of carboxylic acid groups (broad SMARTS) is 1. The van der Waals surface area contributed by atoms with Crippen LogP contribution >= 0.6 is 0 Å². The van der Waals surface area contributed by atoms with E-state index in [4.69, 9.17) is 5.11 Å². The first-order valence-electron chi connectivity index (χ1n) is 7.36. The van der Waals surface area contributed by atoms with Crippen molar-refractivity contribution in [3.05, 3.63) is 68.8 Å². The molecule has 12 heteroatoms. The molecule has 4 heterocycles. The molecule has 138 valence electrons. The van der Waals surface area contributed by atoms with Gasteiger partial charge in [-0.1, -0.05) is 0 Å². The third-order valence-corrected chi connectivity index (χ3v) is 3.38. The van der Waals surface area contributed by atoms with Crippen molar-refractivity contribution in [3.63, 3.8) is 0 Å². The predicted octanol–water partition coefficient (Wildman–Crippen LogP) is -0.470. The highest BCUT2D eigenvalue weighted by molar-refractivity contribution is 5.87. The Morgan fingerprint density at radius 1 is 0.963 bits per heavy atom. The molecule has 0 aliphatic carbocycles. The third-order valence-electron chi connectivity index (χ3n) is 3.38. The minimum absolute atomic E-state index is 0.0112. The summed E-state index contributed by atoms with van der Waals surface area (Å²) in [6.07, 6.45) is 3.07. The van der Waals surface area contributed by atoms with E-state index < -0.39 is 17.5 Å². The summed E-state index contributed by atoms with van der Waals surface area (Å²) in [5.74, 6) is -1.83. The molecule has 0 bridgehead atoms. The van der Waals surface area contributed by atoms with Gasteiger partial charge in [0.05, 0.1) is 7.11 Å². The number of methoxy groups -OCH3 is 1. The van der Waals surface area contributed by atoms with Crippen LogP contribution in [0.3, 0.4) is 0 Å². The molecule has 0 saturated carbocycles. The Morgan fingerprint density at radius 3 is 1.93 bits per heavy atom. The van der Waals surface area contributed by atoms with Crippen LogP contribution in [-0.4, -0.2) is 53.4 Å². The summed E-state index contributed by atoms with van der Waals surface area (Å²) in [5.41, 5.74) is -0.336. The number of nitrogens with one attached hydrogen (secondary N) is 2. The zero-order chi connectivity index (χ0) is 19.6. The van der Waals surface area contributed by atoms with E-state index in [0.29, 0.717) is 11.3 Å². The molecule has 0 unspecified atom stereocenters. The van der Waals surface area contributed by atoms with Crippen LogP contribution in [-0.2, 0) is 4.74 Å². The van der Waals surface area contributed by atoms with E-state index in [-0.39, 0.29) is 16.9 Å². The minimum Gasteiger partial charge on any atom is -0.477 e. The van der Waals surface area contributed by atoms with Crippen molar-refractivity contribution < 1.29 is 19.4 Å². The highest BCUT2D eigenvalue weighted by Gasteiger charge is 2.10. The number of hydrogen-bond donors (Lipinski definition) is 3. The molecule has 0 spiro atoms. The summed E-state index contributed by atoms with van der Waals surface area (Å²) in [6, 6.07) is 5.20. The van der Waals surface area contributed by atoms with Gasteiger partial charge in [-0.2, -0.15) is 0 Å². The van der Waals surface area contributed by atoms with Crippen LogP contribution in [0.25, 0.3) is 11.3 Å². The Hall–Kier alpha value is -4.22. The third kappa shape index (κ3) is 3.44. The summed E-state index contributed by atoms with van der Waals surface area (Å²) in [7, 11) is 1.24. The molecular weight excluding hydrogens is 360 g/mol. The van der Waals surface area contributed by atoms with Crippen LogP contribution in [0.5, 0.6) is 0 Å². The summed E-state index contributed by atoms with van der Waals surface area (Å²) >= 11 is 0. The van der Waals surface area contributed by atoms with Gasteiger partial charge in [-0.05, 0) is 0 Å². The normalized spacial score (nSPS) is 10.4. The average Bonchev–Trinajstić information content (AvgIpc) is 3.30. The molecular formula is C15H12N6O6. The molecule has 0 aliphatic rings. The van der Waals surface area contributed by atoms with Crippen LogP contribution in [0.1, 0.15) is 21.0 Å². The van der Waals surface area contributed by atoms with E-state index in [9.17, 15) is 19.2 Å². The van der Waals surface area contributed by atoms with Crippen LogP contribution in [0, 0.1) is 0 Å². The lowest BCUT2D eigenvalue weighted by atomic mass is 10.4. The Kier molecular flexibility index (Phi) is 4.53. The van der Waals surface area contributed by atoms with E-state index in [1.165, 1.54) is 23.9 Å². The van der Waals surface area contributed by atoms with Crippen molar-refractivity contribution in [2.75, 3.05) is 7.11 Å². The molecule has 4 aromatic heterocycles. The number of nitrogens with zero attached hydrogens (tertiary/aromatic N) is 4. The first-order valence-corrected chi connectivity index (χ1v) is 7.36. The van der Waals surface area contributed by atoms with E-state index in [0.717, 1.165) is 16.6 Å². The fraction of sp³-hybridized carbons (Fsp3) is 0.0667. The van der Waals surface area contributed by atoms with Crippen LogP contribution in [0.15, 0.2) is 46.2 Å². The maximum atomic E-state index is 11.4. The number of esters is 1. The van der Waals surface area contributed by atoms with Crippen LogP contribution in [0.4, 0.5) is 0 Å². The second kappa shape index (κ2) is 6.95. The Bertz CT molecular complexity index is 1260. The first kappa shape index (κ1) is 17.6. The van der Waals surface area contributed by atoms with Crippen molar-refractivity contribution in [3.8, 4) is 0 Å². The number of carbonyl (C=O) groups excluding carboxylic acids is 1. The summed E-state index contributed by atoms with van der Waals surface area (Å²) in [5, 5.41) is 13.8. The highest BCUT2D eigenvalue weighted by atomic mass is 16.5. The number of hydrogen-bond acceptors (Lipinski definition) is 7. The lowest BCUT2D eigenvalue weighted by Gasteiger charge is -1.97. The predicted molar refractivity (Wildman–Crippen MR) is 89.9 cm³/mol. The zero-order valence-electron chi connectivity index (χ0n) is 13.7. The van der Waals surface area contributed by atoms with Gasteiger partial charge in [-0.3, -0.25) is 19.8 Å². The van der Waals surface area contributed by atoms with Crippen LogP contribution in [0.2, 0.25) is 0 Å². The Balaban J connectivity index is 0.000000156. The molecule has 0 atom stereocenters. The maximum Gasteiger partial charge on any atom is 0.356 e. The quantitative estimate of drug-likeness (QED) is 0.397. The second-order valence-electron chi connectivity index (χ2n) is 5.07. The van der Waals surface area contributed by atoms with Crippen LogP contribution < -0.4 is 11.1 Å². The maximum absolute atomic E-state index is 11.4. The number of aromatic nitrogens is 6. The molecule has 0 fully saturated rings. The fourth-order valence-corrected chi connectivity index (χ4v) is 2.17. The van der Waals surface area contributed by atoms with Gasteiger partial charge < -0.3 is 9.84 Å². The SMILES string of the molecule is COC(=O)c1cc(=O)n2[nH]ccc2n1.O=C(O)c1cc(=O)n2[nH]ccc2n1. The average molecular weight is 372 g/mol. The highest BCUT2D eigenvalue weighted by Crippen LogP contribution is 1.98. The summed E-state index contributed by atoms with van der Waals surface area (Å²) in [6.45, 7) is 0. The van der Waals surface area contributed by atoms with Gasteiger partial charge in [0.25, 0.3) is 11.1 Å². The summed E-state index contributed by atoms with van der Waals surface area (Å²) in [4.78, 5) is 51.8. The van der Waals surface area contributed by atoms with Gasteiger partial charge in [-0.25, -0.2) is 28.6 Å². The summed E-state index contributed by atoms with van der Waals surface area (Å²) < 4.78 is 6.84. The van der Waals surface area contributed by atoms with Gasteiger partial charge in [0.15, 0.2) is 22.7 Å². The van der Waals surface area contributed by atoms with Crippen molar-refractivity contribution in [2.24, 2.45) is 0 Å². The minimum atomic E-state index is -1.21. The number of aromatic carboxylic acids is 1. The van der Waals surface area contributed by atoms with Crippen molar-refractivity contribution in [1.82, 2.24) is 29.2 Å². The number of carboxylic acids is 1. The number of aromatic amines is 2. The smallest absolute Gasteiger partial charge is 0.356 e. The fourth-order valence-electron chi connectivity index (χ4n) is 2.17. The number of carbonyl (C=O) groups is 2. The van der Waals surface area contributed by atoms with E-state index in [2.05, 4.69) is 24.9 Å². The van der Waals surface area contributed by atoms with Crippen molar-refractivity contribution in [1.29, 1.82) is 0 Å². The molecule has 0 saturated heterocycles. The van der Waals surface area contributed by atoms with Gasteiger partial charge in [0.2, 0.25) is 0 Å². The molecule has 4 aromatic rings. The number of H-pyrrole nitrogens is 2. The van der Waals surface area contributed by atoms with Gasteiger partial charge in [-0.15, -0.1) is 0 Å². The van der Waals surface area contributed by atoms with Crippen molar-refractivity contribution in [2.45, 2.75) is 0 Å². The number of ether oxygens (including phenoxy) is 1. The van der Waals surface area contributed by atoms with Gasteiger partial charge in [0, 0.05) is 36.7 Å². The molecule has 4 rings (SSSR count). The Labute approximate surface area is 148 Å². The first-order chi connectivity index (χ1) is 12.9. The topological polar surface area (TPSA) is 164 Å². The van der Waals surface area contributed by atoms with E-state index in [1.807, 2.05) is 0 Å². The molecule has 0 aromatic carbocycles. The van der Waals surface area contributed by atoms with Gasteiger partial charge >= 0.3 is 11.9 Å². The van der Waals surface area contributed by atoms with Gasteiger partial charge in [0.1, 0.15) is 0 Å². The molecule has 12 nitrogen and oxygen atoms in total. The lowest BCUT2D eigenvalue weighted by Crippen LogP contribution is -2.18. The molecule has 0 amide bonds. The largest absolute Gasteiger partial charge is 0.477 e. The van der Waals surface area contributed by atoms with Crippen molar-refractivity contribution >= 4 is 23.2 Å². The molecule has 0 radical (unpaired) electrons. The molecule has 0 aliphatic heterocycles. The Morgan fingerprint density at radius 2 is 1.44 bits per heavy atom. The standard InChI is InChI=1S/C8H7N3O3.C7H5N3O3/c1-14-8(13)5-4-7(12)11-6(10-5)2-3-9-11;11-6-3-4(7(12)13)9-5-1-2-8-10(5)6/h2-4,9H,1H3;1-3,8H,(H,12,13). The lowest BCUT2D eigenvalue weighted by molar-refractivity contribution is 0.0593. The monoisotopic (exact) mass is 372 g/mol. The number of fused-ring (bicyclic) bond motifs is 2. The second-order valence-corrected chi connectivity index (χ2v) is 5.07. The molecule has 27 heavy (non-hydrogen) atoms. The zero-order valence-corrected chi connectivity index (χ0v) is 13.7. The number of rotatable bonds is 2. The van der Waals surface area contributed by atoms with E-state index in [1.54, 1.807) is 12.3 Å². The van der Waals surface area contributed by atoms with E-state index >= 15 is 0 Å².